The maximum Gasteiger partial charge on any atom is 0.272 e. The molecule has 0 fully saturated rings. The molecule has 0 aliphatic carbocycles. The summed E-state index contributed by atoms with van der Waals surface area (Å²) in [6.45, 7) is 6.20. The summed E-state index contributed by atoms with van der Waals surface area (Å²) in [7, 11) is 0. The molecule has 0 saturated heterocycles. The molecular weight excluding hydrogens is 214 g/mol. The first kappa shape index (κ1) is 11.8. The van der Waals surface area contributed by atoms with Gasteiger partial charge in [-0.3, -0.25) is 4.79 Å². The molecule has 4 nitrogen and oxygen atoms in total. The van der Waals surface area contributed by atoms with E-state index in [0.29, 0.717) is 12.2 Å². The lowest BCUT2D eigenvalue weighted by Crippen LogP contribution is -2.29. The van der Waals surface area contributed by atoms with Gasteiger partial charge in [-0.25, -0.2) is 4.98 Å². The molecule has 0 spiro atoms. The Labute approximate surface area is 100 Å². The number of aromatic nitrogens is 2. The third-order valence-electron chi connectivity index (χ3n) is 2.78. The molecule has 4 heteroatoms. The van der Waals surface area contributed by atoms with Crippen molar-refractivity contribution < 1.29 is 0 Å². The normalized spacial score (nSPS) is 10.9. The Morgan fingerprint density at radius 3 is 2.88 bits per heavy atom. The van der Waals surface area contributed by atoms with E-state index in [0.717, 1.165) is 24.1 Å². The largest absolute Gasteiger partial charge is 0.315 e. The van der Waals surface area contributed by atoms with Gasteiger partial charge in [-0.05, 0) is 25.6 Å². The van der Waals surface area contributed by atoms with Gasteiger partial charge in [0.15, 0.2) is 0 Å². The lowest BCUT2D eigenvalue weighted by molar-refractivity contribution is 0.609. The van der Waals surface area contributed by atoms with E-state index in [-0.39, 0.29) is 5.56 Å². The Hall–Kier alpha value is -1.68. The van der Waals surface area contributed by atoms with Gasteiger partial charge in [0.25, 0.3) is 5.56 Å². The molecule has 0 saturated carbocycles. The minimum absolute atomic E-state index is 0.00148. The van der Waals surface area contributed by atoms with Gasteiger partial charge in [-0.2, -0.15) is 0 Å². The van der Waals surface area contributed by atoms with Crippen LogP contribution in [0.2, 0.25) is 0 Å². The molecule has 17 heavy (non-hydrogen) atoms. The third kappa shape index (κ3) is 2.36. The van der Waals surface area contributed by atoms with E-state index in [9.17, 15) is 4.79 Å². The molecule has 1 aromatic heterocycles. The zero-order valence-corrected chi connectivity index (χ0v) is 10.2. The van der Waals surface area contributed by atoms with E-state index < -0.39 is 0 Å². The molecule has 0 atom stereocenters. The second-order valence-corrected chi connectivity index (χ2v) is 4.00. The number of para-hydroxylation sites is 2. The van der Waals surface area contributed by atoms with E-state index in [2.05, 4.69) is 17.2 Å². The number of aryl methyl sites for hydroxylation is 1. The number of hydrogen-bond donors (Lipinski definition) is 1. The van der Waals surface area contributed by atoms with Crippen LogP contribution in [0.1, 0.15) is 12.6 Å². The van der Waals surface area contributed by atoms with Crippen molar-refractivity contribution in [1.29, 1.82) is 0 Å². The first-order valence-corrected chi connectivity index (χ1v) is 5.91. The molecule has 0 amide bonds. The van der Waals surface area contributed by atoms with Crippen LogP contribution in [0.4, 0.5) is 0 Å². The highest BCUT2D eigenvalue weighted by atomic mass is 16.1. The summed E-state index contributed by atoms with van der Waals surface area (Å²) in [5.41, 5.74) is 2.34. The van der Waals surface area contributed by atoms with E-state index in [1.165, 1.54) is 0 Å². The van der Waals surface area contributed by atoms with E-state index in [1.54, 1.807) is 11.5 Å². The first-order chi connectivity index (χ1) is 8.24. The molecule has 0 bridgehead atoms. The van der Waals surface area contributed by atoms with Crippen LogP contribution in [0.3, 0.4) is 0 Å². The molecule has 2 rings (SSSR count). The average molecular weight is 231 g/mol. The highest BCUT2D eigenvalue weighted by Gasteiger charge is 2.06. The standard InChI is InChI=1S/C13H17N3O/c1-3-14-8-9-16-12-7-5-4-6-11(12)15-10(2)13(16)17/h4-7,14H,3,8-9H2,1-2H3. The Morgan fingerprint density at radius 2 is 2.12 bits per heavy atom. The fraction of sp³-hybridized carbons (Fsp3) is 0.385. The number of hydrogen-bond acceptors (Lipinski definition) is 3. The van der Waals surface area contributed by atoms with Crippen molar-refractivity contribution in [3.05, 3.63) is 40.3 Å². The Kier molecular flexibility index (Phi) is 3.54. The summed E-state index contributed by atoms with van der Waals surface area (Å²) in [6.07, 6.45) is 0. The van der Waals surface area contributed by atoms with Crippen LogP contribution < -0.4 is 10.9 Å². The fourth-order valence-electron chi connectivity index (χ4n) is 1.91. The van der Waals surface area contributed by atoms with Gasteiger partial charge in [-0.1, -0.05) is 19.1 Å². The van der Waals surface area contributed by atoms with Crippen LogP contribution in [-0.4, -0.2) is 22.6 Å². The molecular formula is C13H17N3O. The third-order valence-corrected chi connectivity index (χ3v) is 2.78. The quantitative estimate of drug-likeness (QED) is 0.807. The van der Waals surface area contributed by atoms with E-state index in [1.807, 2.05) is 24.3 Å². The van der Waals surface area contributed by atoms with Crippen molar-refractivity contribution >= 4 is 11.0 Å². The summed E-state index contributed by atoms with van der Waals surface area (Å²) in [5, 5.41) is 3.23. The lowest BCUT2D eigenvalue weighted by atomic mass is 10.3. The second-order valence-electron chi connectivity index (χ2n) is 4.00. The molecule has 0 unspecified atom stereocenters. The van der Waals surface area contributed by atoms with Crippen LogP contribution in [-0.2, 0) is 6.54 Å². The van der Waals surface area contributed by atoms with Crippen LogP contribution >= 0.6 is 0 Å². The van der Waals surface area contributed by atoms with Gasteiger partial charge in [-0.15, -0.1) is 0 Å². The van der Waals surface area contributed by atoms with Crippen molar-refractivity contribution in [3.63, 3.8) is 0 Å². The zero-order valence-electron chi connectivity index (χ0n) is 10.2. The van der Waals surface area contributed by atoms with Crippen molar-refractivity contribution in [1.82, 2.24) is 14.9 Å². The Bertz CT molecular complexity index is 574. The maximum atomic E-state index is 12.0. The monoisotopic (exact) mass is 231 g/mol. The molecule has 0 radical (unpaired) electrons. The minimum Gasteiger partial charge on any atom is -0.315 e. The molecule has 0 aliphatic rings. The minimum atomic E-state index is 0.00148. The number of nitrogens with one attached hydrogen (secondary N) is 1. The maximum absolute atomic E-state index is 12.0. The molecule has 2 aromatic rings. The van der Waals surface area contributed by atoms with Gasteiger partial charge < -0.3 is 9.88 Å². The predicted octanol–water partition coefficient (Wildman–Crippen LogP) is 1.31. The number of rotatable bonds is 4. The van der Waals surface area contributed by atoms with Crippen molar-refractivity contribution in [2.75, 3.05) is 13.1 Å². The highest BCUT2D eigenvalue weighted by molar-refractivity contribution is 5.74. The van der Waals surface area contributed by atoms with Gasteiger partial charge in [0.1, 0.15) is 5.69 Å². The second kappa shape index (κ2) is 5.10. The summed E-state index contributed by atoms with van der Waals surface area (Å²) >= 11 is 0. The predicted molar refractivity (Wildman–Crippen MR) is 69.3 cm³/mol. The van der Waals surface area contributed by atoms with Crippen LogP contribution in [0.25, 0.3) is 11.0 Å². The van der Waals surface area contributed by atoms with Crippen LogP contribution in [0.15, 0.2) is 29.1 Å². The molecule has 1 aromatic carbocycles. The average Bonchev–Trinajstić information content (AvgIpc) is 2.34. The van der Waals surface area contributed by atoms with Gasteiger partial charge in [0.2, 0.25) is 0 Å². The number of fused-ring (bicyclic) bond motifs is 1. The van der Waals surface area contributed by atoms with Gasteiger partial charge >= 0.3 is 0 Å². The number of likely N-dealkylation sites (N-methyl/N-ethyl adjacent to an activating group) is 1. The summed E-state index contributed by atoms with van der Waals surface area (Å²) in [4.78, 5) is 16.4. The van der Waals surface area contributed by atoms with E-state index >= 15 is 0 Å². The first-order valence-electron chi connectivity index (χ1n) is 5.91. The summed E-state index contributed by atoms with van der Waals surface area (Å²) < 4.78 is 1.79. The smallest absolute Gasteiger partial charge is 0.272 e. The van der Waals surface area contributed by atoms with Gasteiger partial charge in [0, 0.05) is 13.1 Å². The topological polar surface area (TPSA) is 46.9 Å². The number of benzene rings is 1. The Balaban J connectivity index is 2.50. The SMILES string of the molecule is CCNCCn1c(=O)c(C)nc2ccccc21. The molecule has 1 heterocycles. The van der Waals surface area contributed by atoms with Crippen LogP contribution in [0.5, 0.6) is 0 Å². The van der Waals surface area contributed by atoms with E-state index in [4.69, 9.17) is 0 Å². The van der Waals surface area contributed by atoms with Crippen molar-refractivity contribution in [3.8, 4) is 0 Å². The van der Waals surface area contributed by atoms with Crippen LogP contribution in [0, 0.1) is 6.92 Å². The molecule has 90 valence electrons. The zero-order chi connectivity index (χ0) is 12.3. The fourth-order valence-corrected chi connectivity index (χ4v) is 1.91. The van der Waals surface area contributed by atoms with Crippen molar-refractivity contribution in [2.24, 2.45) is 0 Å². The van der Waals surface area contributed by atoms with Crippen molar-refractivity contribution in [2.45, 2.75) is 20.4 Å². The number of nitrogens with zero attached hydrogens (tertiary/aromatic N) is 2. The lowest BCUT2D eigenvalue weighted by Gasteiger charge is -2.10. The summed E-state index contributed by atoms with van der Waals surface area (Å²) in [6, 6.07) is 7.75. The Morgan fingerprint density at radius 1 is 1.35 bits per heavy atom. The van der Waals surface area contributed by atoms with Gasteiger partial charge in [0.05, 0.1) is 11.0 Å². The highest BCUT2D eigenvalue weighted by Crippen LogP contribution is 2.09. The summed E-state index contributed by atoms with van der Waals surface area (Å²) in [5.74, 6) is 0. The molecule has 0 aliphatic heterocycles. The molecule has 1 N–H and O–H groups in total.